The number of urea groups is 1. The van der Waals surface area contributed by atoms with Gasteiger partial charge >= 0.3 is 6.03 Å². The molecule has 0 radical (unpaired) electrons. The molecule has 4 rings (SSSR count). The zero-order valence-corrected chi connectivity index (χ0v) is 17.6. The molecule has 0 aromatic carbocycles. The summed E-state index contributed by atoms with van der Waals surface area (Å²) < 4.78 is 11.1. The summed E-state index contributed by atoms with van der Waals surface area (Å²) in [5.41, 5.74) is -0.349. The number of H-pyrrole nitrogens is 1. The van der Waals surface area contributed by atoms with Gasteiger partial charge in [-0.2, -0.15) is 0 Å². The highest BCUT2D eigenvalue weighted by Gasteiger charge is 2.58. The minimum atomic E-state index is -0.886. The summed E-state index contributed by atoms with van der Waals surface area (Å²) in [5, 5.41) is 0. The molecule has 4 heterocycles. The van der Waals surface area contributed by atoms with Crippen molar-refractivity contribution in [3.8, 4) is 0 Å². The summed E-state index contributed by atoms with van der Waals surface area (Å²) in [7, 11) is 0. The van der Waals surface area contributed by atoms with Crippen LogP contribution in [0, 0.1) is 5.92 Å². The van der Waals surface area contributed by atoms with E-state index in [1.165, 1.54) is 4.90 Å². The minimum Gasteiger partial charge on any atom is -0.376 e. The lowest BCUT2D eigenvalue weighted by atomic mass is 9.85. The minimum absolute atomic E-state index is 0.0772. The molecule has 30 heavy (non-hydrogen) atoms. The van der Waals surface area contributed by atoms with E-state index in [0.29, 0.717) is 58.0 Å². The number of piperidine rings is 1. The number of imide groups is 1. The van der Waals surface area contributed by atoms with E-state index in [-0.39, 0.29) is 36.4 Å². The highest BCUT2D eigenvalue weighted by atomic mass is 16.6. The summed E-state index contributed by atoms with van der Waals surface area (Å²) in [6.07, 6.45) is 2.30. The molecule has 1 N–H and O–H groups in total. The maximum absolute atomic E-state index is 13.5. The van der Waals surface area contributed by atoms with Crippen LogP contribution in [0.25, 0.3) is 0 Å². The zero-order chi connectivity index (χ0) is 21.3. The number of nitrogens with zero attached hydrogens (tertiary/aromatic N) is 3. The van der Waals surface area contributed by atoms with Crippen LogP contribution < -0.4 is 0 Å². The Hall–Kier alpha value is -2.39. The van der Waals surface area contributed by atoms with E-state index in [1.54, 1.807) is 28.1 Å². The van der Waals surface area contributed by atoms with Crippen LogP contribution in [0.4, 0.5) is 4.79 Å². The van der Waals surface area contributed by atoms with Gasteiger partial charge in [0.15, 0.2) is 0 Å². The smallest absolute Gasteiger partial charge is 0.327 e. The van der Waals surface area contributed by atoms with Gasteiger partial charge in [0.05, 0.1) is 32.5 Å². The van der Waals surface area contributed by atoms with Gasteiger partial charge in [-0.15, -0.1) is 0 Å². The summed E-state index contributed by atoms with van der Waals surface area (Å²) in [5.74, 6) is -0.0210. The number of aromatic nitrogens is 1. The van der Waals surface area contributed by atoms with Crippen LogP contribution in [0.2, 0.25) is 0 Å². The maximum atomic E-state index is 13.5. The van der Waals surface area contributed by atoms with Gasteiger partial charge in [0.1, 0.15) is 11.2 Å². The van der Waals surface area contributed by atoms with Crippen molar-refractivity contribution in [3.05, 3.63) is 24.0 Å². The highest BCUT2D eigenvalue weighted by molar-refractivity contribution is 6.07. The second-order valence-corrected chi connectivity index (χ2v) is 8.68. The molecule has 9 nitrogen and oxygen atoms in total. The Morgan fingerprint density at radius 3 is 2.63 bits per heavy atom. The van der Waals surface area contributed by atoms with Gasteiger partial charge in [0.25, 0.3) is 11.8 Å². The van der Waals surface area contributed by atoms with Gasteiger partial charge < -0.3 is 24.3 Å². The highest BCUT2D eigenvalue weighted by Crippen LogP contribution is 2.38. The molecule has 1 atom stereocenters. The zero-order valence-electron chi connectivity index (χ0n) is 17.6. The Labute approximate surface area is 176 Å². The molecule has 164 valence electrons. The van der Waals surface area contributed by atoms with Crippen molar-refractivity contribution in [1.29, 1.82) is 0 Å². The normalized spacial score (nSPS) is 24.4. The number of hydrogen-bond donors (Lipinski definition) is 1. The number of carbonyl (C=O) groups excluding carboxylic acids is 3. The number of ether oxygens (including phenoxy) is 2. The van der Waals surface area contributed by atoms with Crippen LogP contribution in [0.15, 0.2) is 18.3 Å². The lowest BCUT2D eigenvalue weighted by molar-refractivity contribution is -0.139. The van der Waals surface area contributed by atoms with Gasteiger partial charge in [0.2, 0.25) is 0 Å². The molecule has 4 amide bonds. The van der Waals surface area contributed by atoms with Gasteiger partial charge in [-0.25, -0.2) is 4.79 Å². The van der Waals surface area contributed by atoms with Crippen LogP contribution in [0.1, 0.15) is 37.2 Å². The molecule has 3 aliphatic rings. The third-order valence-corrected chi connectivity index (χ3v) is 6.15. The number of carbonyl (C=O) groups is 3. The molecule has 3 aliphatic heterocycles. The fourth-order valence-electron chi connectivity index (χ4n) is 4.60. The van der Waals surface area contributed by atoms with Gasteiger partial charge in [-0.1, -0.05) is 13.8 Å². The molecule has 3 fully saturated rings. The number of hydrogen-bond acceptors (Lipinski definition) is 5. The van der Waals surface area contributed by atoms with Crippen molar-refractivity contribution < 1.29 is 23.9 Å². The van der Waals surface area contributed by atoms with Crippen LogP contribution in [-0.4, -0.2) is 95.2 Å². The fraction of sp³-hybridized carbons (Fsp3) is 0.667. The Bertz CT molecular complexity index is 779. The number of likely N-dealkylation sites (tertiary alicyclic amines) is 1. The van der Waals surface area contributed by atoms with Crippen molar-refractivity contribution in [2.75, 3.05) is 46.0 Å². The quantitative estimate of drug-likeness (QED) is 0.728. The SMILES string of the molecule is CC(C)CN1C(=O)N(CC2COCCO2)C(=O)C12CCN(C(=O)c1ccc[nH]1)CC2. The van der Waals surface area contributed by atoms with Gasteiger partial charge in [0, 0.05) is 25.8 Å². The van der Waals surface area contributed by atoms with Crippen molar-refractivity contribution in [2.24, 2.45) is 5.92 Å². The van der Waals surface area contributed by atoms with Crippen molar-refractivity contribution in [3.63, 3.8) is 0 Å². The topological polar surface area (TPSA) is 95.2 Å². The summed E-state index contributed by atoms with van der Waals surface area (Å²) in [6, 6.07) is 3.28. The van der Waals surface area contributed by atoms with Crippen molar-refractivity contribution in [2.45, 2.75) is 38.3 Å². The standard InChI is InChI=1S/C21H30N4O5/c1-15(2)12-25-20(28)24(13-16-14-29-10-11-30-16)19(27)21(25)5-8-23(9-6-21)18(26)17-4-3-7-22-17/h3-4,7,15-16,22H,5-6,8-14H2,1-2H3. The van der Waals surface area contributed by atoms with Crippen molar-refractivity contribution >= 4 is 17.8 Å². The Balaban J connectivity index is 1.51. The second kappa shape index (κ2) is 8.39. The van der Waals surface area contributed by atoms with Crippen molar-refractivity contribution in [1.82, 2.24) is 19.7 Å². The van der Waals surface area contributed by atoms with Gasteiger partial charge in [-0.3, -0.25) is 14.5 Å². The first-order valence-electron chi connectivity index (χ1n) is 10.7. The predicted octanol–water partition coefficient (Wildman–Crippen LogP) is 1.33. The first-order chi connectivity index (χ1) is 14.4. The predicted molar refractivity (Wildman–Crippen MR) is 108 cm³/mol. The molecule has 0 saturated carbocycles. The van der Waals surface area contributed by atoms with E-state index in [4.69, 9.17) is 9.47 Å². The summed E-state index contributed by atoms with van der Waals surface area (Å²) >= 11 is 0. The molecule has 1 aromatic heterocycles. The second-order valence-electron chi connectivity index (χ2n) is 8.68. The lowest BCUT2D eigenvalue weighted by Crippen LogP contribution is -2.58. The number of amides is 4. The van der Waals surface area contributed by atoms with E-state index in [1.807, 2.05) is 13.8 Å². The average Bonchev–Trinajstić information content (AvgIpc) is 3.34. The van der Waals surface area contributed by atoms with E-state index < -0.39 is 5.54 Å². The summed E-state index contributed by atoms with van der Waals surface area (Å²) in [6.45, 7) is 7.04. The van der Waals surface area contributed by atoms with Crippen LogP contribution in [0.3, 0.4) is 0 Å². The monoisotopic (exact) mass is 418 g/mol. The third-order valence-electron chi connectivity index (χ3n) is 6.15. The summed E-state index contributed by atoms with van der Waals surface area (Å²) in [4.78, 5) is 47.2. The van der Waals surface area contributed by atoms with E-state index in [0.717, 1.165) is 0 Å². The average molecular weight is 418 g/mol. The Morgan fingerprint density at radius 2 is 2.03 bits per heavy atom. The first kappa shape index (κ1) is 20.9. The molecular formula is C21H30N4O5. The molecule has 1 unspecified atom stereocenters. The number of rotatable bonds is 5. The molecule has 1 spiro atoms. The molecule has 3 saturated heterocycles. The molecule has 1 aromatic rings. The first-order valence-corrected chi connectivity index (χ1v) is 10.7. The molecule has 0 bridgehead atoms. The van der Waals surface area contributed by atoms with E-state index in [9.17, 15) is 14.4 Å². The van der Waals surface area contributed by atoms with Crippen LogP contribution in [-0.2, 0) is 14.3 Å². The molecule has 0 aliphatic carbocycles. The number of nitrogens with one attached hydrogen (secondary N) is 1. The lowest BCUT2D eigenvalue weighted by Gasteiger charge is -2.42. The largest absolute Gasteiger partial charge is 0.376 e. The van der Waals surface area contributed by atoms with E-state index >= 15 is 0 Å². The van der Waals surface area contributed by atoms with Crippen LogP contribution >= 0.6 is 0 Å². The van der Waals surface area contributed by atoms with Crippen LogP contribution in [0.5, 0.6) is 0 Å². The number of aromatic amines is 1. The third kappa shape index (κ3) is 3.72. The maximum Gasteiger partial charge on any atom is 0.327 e. The molecule has 9 heteroatoms. The molecular weight excluding hydrogens is 388 g/mol. The Morgan fingerprint density at radius 1 is 1.27 bits per heavy atom. The van der Waals surface area contributed by atoms with Gasteiger partial charge in [-0.05, 0) is 30.9 Å². The Kier molecular flexibility index (Phi) is 5.84. The van der Waals surface area contributed by atoms with E-state index in [2.05, 4.69) is 4.98 Å². The fourth-order valence-corrected chi connectivity index (χ4v) is 4.60.